The molecule has 11 nitrogen and oxygen atoms in total. The highest BCUT2D eigenvalue weighted by atomic mass is 35.5. The van der Waals surface area contributed by atoms with Gasteiger partial charge in [-0.3, -0.25) is 19.7 Å². The lowest BCUT2D eigenvalue weighted by Crippen LogP contribution is -2.49. The van der Waals surface area contributed by atoms with E-state index in [4.69, 9.17) is 43.8 Å². The molecule has 0 bridgehead atoms. The van der Waals surface area contributed by atoms with Crippen molar-refractivity contribution in [2.75, 3.05) is 13.7 Å². The molecule has 0 aliphatic rings. The highest BCUT2D eigenvalue weighted by molar-refractivity contribution is 6.35. The summed E-state index contributed by atoms with van der Waals surface area (Å²) in [6.07, 6.45) is 5.72. The Balaban J connectivity index is 2.19. The Morgan fingerprint density at radius 1 is 1.18 bits per heavy atom. The van der Waals surface area contributed by atoms with Crippen molar-refractivity contribution < 1.29 is 28.7 Å². The molecule has 208 valence electrons. The van der Waals surface area contributed by atoms with Gasteiger partial charge in [0.2, 0.25) is 0 Å². The van der Waals surface area contributed by atoms with E-state index in [0.717, 1.165) is 6.21 Å². The van der Waals surface area contributed by atoms with Gasteiger partial charge in [-0.05, 0) is 37.5 Å². The first kappa shape index (κ1) is 31.2. The van der Waals surface area contributed by atoms with Crippen LogP contribution in [0.5, 0.6) is 17.2 Å². The number of carbonyl (C=O) groups is 2. The normalized spacial score (nSPS) is 12.4. The number of halogens is 2. The predicted molar refractivity (Wildman–Crippen MR) is 148 cm³/mol. The van der Waals surface area contributed by atoms with Crippen molar-refractivity contribution in [3.05, 3.63) is 56.1 Å². The molecule has 0 fully saturated rings. The Morgan fingerprint density at radius 3 is 2.49 bits per heavy atom. The summed E-state index contributed by atoms with van der Waals surface area (Å²) in [5.74, 6) is 1.59. The smallest absolute Gasteiger partial charge is 0.274 e. The molecule has 2 aromatic carbocycles. The maximum absolute atomic E-state index is 12.9. The summed E-state index contributed by atoms with van der Waals surface area (Å²) >= 11 is 12.0. The van der Waals surface area contributed by atoms with Crippen molar-refractivity contribution in [1.29, 1.82) is 0 Å². The van der Waals surface area contributed by atoms with Crippen LogP contribution in [0.15, 0.2) is 35.4 Å². The molecule has 2 atom stereocenters. The van der Waals surface area contributed by atoms with Crippen LogP contribution in [0.4, 0.5) is 5.69 Å². The fourth-order valence-electron chi connectivity index (χ4n) is 3.28. The summed E-state index contributed by atoms with van der Waals surface area (Å²) < 4.78 is 16.3. The number of methoxy groups -OCH3 is 1. The number of ether oxygens (including phenoxy) is 3. The van der Waals surface area contributed by atoms with Gasteiger partial charge < -0.3 is 19.5 Å². The maximum Gasteiger partial charge on any atom is 0.274 e. The molecule has 2 rings (SSSR count). The minimum Gasteiger partial charge on any atom is -0.493 e. The molecule has 0 saturated carbocycles. The molecule has 0 unspecified atom stereocenters. The zero-order chi connectivity index (χ0) is 29.1. The van der Waals surface area contributed by atoms with Gasteiger partial charge in [0.1, 0.15) is 18.4 Å². The number of hydrogen-bond donors (Lipinski definition) is 2. The van der Waals surface area contributed by atoms with Gasteiger partial charge in [0.05, 0.1) is 29.3 Å². The van der Waals surface area contributed by atoms with Gasteiger partial charge >= 0.3 is 0 Å². The first-order chi connectivity index (χ1) is 18.5. The number of non-ortho nitro benzene ring substituents is 1. The maximum atomic E-state index is 12.9. The Labute approximate surface area is 235 Å². The fraction of sp³-hybridized carbons (Fsp3) is 0.346. The number of carbonyl (C=O) groups excluding carboxylic acids is 2. The number of amides is 2. The van der Waals surface area contributed by atoms with E-state index < -0.39 is 28.9 Å². The van der Waals surface area contributed by atoms with E-state index >= 15 is 0 Å². The Morgan fingerprint density at radius 2 is 1.90 bits per heavy atom. The van der Waals surface area contributed by atoms with Crippen molar-refractivity contribution in [3.8, 4) is 29.6 Å². The molecule has 0 radical (unpaired) electrons. The van der Waals surface area contributed by atoms with E-state index in [0.29, 0.717) is 11.4 Å². The zero-order valence-electron chi connectivity index (χ0n) is 21.7. The van der Waals surface area contributed by atoms with Gasteiger partial charge in [0, 0.05) is 16.7 Å². The minimum atomic E-state index is -0.983. The summed E-state index contributed by atoms with van der Waals surface area (Å²) in [7, 11) is 1.31. The SMILES string of the molecule is C#CCOc1c(/C=N\NC(=O)[C@H](CC(C)C)NC(=O)[C@H](C)Oc2ccc(Cl)cc2Cl)cc([N+](=O)[O-])cc1OC. The Bertz CT molecular complexity index is 1280. The first-order valence-electron chi connectivity index (χ1n) is 11.6. The number of nitrogens with one attached hydrogen (secondary N) is 2. The molecule has 13 heteroatoms. The average Bonchev–Trinajstić information content (AvgIpc) is 2.88. The van der Waals surface area contributed by atoms with Crippen LogP contribution >= 0.6 is 23.2 Å². The van der Waals surface area contributed by atoms with E-state index in [1.165, 1.54) is 38.3 Å². The van der Waals surface area contributed by atoms with Crippen LogP contribution in [0, 0.1) is 28.4 Å². The summed E-state index contributed by atoms with van der Waals surface area (Å²) in [5.41, 5.74) is 2.20. The van der Waals surface area contributed by atoms with Crippen LogP contribution < -0.4 is 25.0 Å². The number of terminal acetylenes is 1. The highest BCUT2D eigenvalue weighted by Gasteiger charge is 2.26. The van der Waals surface area contributed by atoms with Crippen molar-refractivity contribution in [1.82, 2.24) is 10.7 Å². The lowest BCUT2D eigenvalue weighted by atomic mass is 10.0. The van der Waals surface area contributed by atoms with E-state index in [-0.39, 0.29) is 46.0 Å². The molecular weight excluding hydrogens is 551 g/mol. The quantitative estimate of drug-likeness (QED) is 0.155. The summed E-state index contributed by atoms with van der Waals surface area (Å²) in [6, 6.07) is 6.00. The summed E-state index contributed by atoms with van der Waals surface area (Å²) in [4.78, 5) is 36.4. The number of nitrogens with zero attached hydrogens (tertiary/aromatic N) is 2. The second-order valence-corrected chi connectivity index (χ2v) is 9.42. The minimum absolute atomic E-state index is 0.0387. The third-order valence-corrected chi connectivity index (χ3v) is 5.61. The molecular formula is C26H28Cl2N4O7. The van der Waals surface area contributed by atoms with Crippen LogP contribution in [0.2, 0.25) is 10.0 Å². The number of rotatable bonds is 13. The average molecular weight is 579 g/mol. The van der Waals surface area contributed by atoms with E-state index in [2.05, 4.69) is 21.8 Å². The van der Waals surface area contributed by atoms with E-state index in [1.807, 2.05) is 13.8 Å². The summed E-state index contributed by atoms with van der Waals surface area (Å²) in [6.45, 7) is 5.14. The Kier molecular flexibility index (Phi) is 11.8. The largest absolute Gasteiger partial charge is 0.493 e. The van der Waals surface area contributed by atoms with Gasteiger partial charge in [0.15, 0.2) is 17.6 Å². The van der Waals surface area contributed by atoms with Crippen LogP contribution in [0.25, 0.3) is 0 Å². The molecule has 39 heavy (non-hydrogen) atoms. The van der Waals surface area contributed by atoms with Crippen LogP contribution in [0.1, 0.15) is 32.8 Å². The lowest BCUT2D eigenvalue weighted by molar-refractivity contribution is -0.385. The Hall–Kier alpha value is -4.01. The molecule has 0 saturated heterocycles. The number of hydrazone groups is 1. The van der Waals surface area contributed by atoms with E-state index in [1.54, 1.807) is 6.07 Å². The topological polar surface area (TPSA) is 141 Å². The van der Waals surface area contributed by atoms with Crippen LogP contribution in [0.3, 0.4) is 0 Å². The molecule has 0 spiro atoms. The second kappa shape index (κ2) is 14.8. The van der Waals surface area contributed by atoms with Crippen LogP contribution in [-0.2, 0) is 9.59 Å². The van der Waals surface area contributed by atoms with Crippen molar-refractivity contribution in [2.45, 2.75) is 39.3 Å². The predicted octanol–water partition coefficient (Wildman–Crippen LogP) is 4.37. The first-order valence-corrected chi connectivity index (χ1v) is 12.4. The molecule has 0 aromatic heterocycles. The fourth-order valence-corrected chi connectivity index (χ4v) is 3.73. The van der Waals surface area contributed by atoms with Crippen LogP contribution in [-0.4, -0.2) is 48.8 Å². The number of nitro groups is 1. The van der Waals surface area contributed by atoms with E-state index in [9.17, 15) is 19.7 Å². The molecule has 0 heterocycles. The molecule has 0 aliphatic heterocycles. The molecule has 2 amide bonds. The number of hydrogen-bond acceptors (Lipinski definition) is 8. The van der Waals surface area contributed by atoms with Gasteiger partial charge in [-0.25, -0.2) is 5.43 Å². The third-order valence-electron chi connectivity index (χ3n) is 5.08. The van der Waals surface area contributed by atoms with Crippen molar-refractivity contribution in [2.24, 2.45) is 11.0 Å². The summed E-state index contributed by atoms with van der Waals surface area (Å²) in [5, 5.41) is 18.5. The number of benzene rings is 2. The standard InChI is InChI=1S/C26H28Cl2N4O7/c1-6-9-38-24-17(11-19(32(35)36)13-23(24)37-5)14-29-31-26(34)21(10-15(2)3)30-25(33)16(4)39-22-8-7-18(27)12-20(22)28/h1,7-8,11-16,21H,9-10H2,2-5H3,(H,30,33)(H,31,34)/b29-14-/t16-,21-/m0/s1. The van der Waals surface area contributed by atoms with Gasteiger partial charge in [-0.15, -0.1) is 6.42 Å². The molecule has 2 aromatic rings. The van der Waals surface area contributed by atoms with Gasteiger partial charge in [-0.2, -0.15) is 5.10 Å². The van der Waals surface area contributed by atoms with Crippen molar-refractivity contribution >= 4 is 46.9 Å². The third kappa shape index (κ3) is 9.35. The zero-order valence-corrected chi connectivity index (χ0v) is 23.2. The van der Waals surface area contributed by atoms with Gasteiger partial charge in [-0.1, -0.05) is 43.0 Å². The molecule has 2 N–H and O–H groups in total. The highest BCUT2D eigenvalue weighted by Crippen LogP contribution is 2.35. The van der Waals surface area contributed by atoms with Crippen molar-refractivity contribution in [3.63, 3.8) is 0 Å². The monoisotopic (exact) mass is 578 g/mol. The molecule has 0 aliphatic carbocycles. The number of nitro benzene ring substituents is 1. The van der Waals surface area contributed by atoms with Gasteiger partial charge in [0.25, 0.3) is 17.5 Å². The second-order valence-electron chi connectivity index (χ2n) is 8.58. The lowest BCUT2D eigenvalue weighted by Gasteiger charge is -2.22.